The molecule has 0 radical (unpaired) electrons. The third kappa shape index (κ3) is 3.74. The Hall–Kier alpha value is -2.28. The van der Waals surface area contributed by atoms with Crippen LogP contribution in [0.3, 0.4) is 0 Å². The molecule has 4 rings (SSSR count). The predicted molar refractivity (Wildman–Crippen MR) is 101 cm³/mol. The summed E-state index contributed by atoms with van der Waals surface area (Å²) in [7, 11) is 0. The van der Waals surface area contributed by atoms with Gasteiger partial charge in [-0.3, -0.25) is 9.59 Å². The van der Waals surface area contributed by atoms with Crippen molar-refractivity contribution in [1.82, 2.24) is 10.3 Å². The summed E-state index contributed by atoms with van der Waals surface area (Å²) in [6, 6.07) is 5.64. The highest BCUT2D eigenvalue weighted by Crippen LogP contribution is 2.29. The molecule has 0 unspecified atom stereocenters. The number of amides is 1. The van der Waals surface area contributed by atoms with E-state index in [4.69, 9.17) is 16.0 Å². The summed E-state index contributed by atoms with van der Waals surface area (Å²) >= 11 is 5.99. The van der Waals surface area contributed by atoms with Gasteiger partial charge in [-0.25, -0.2) is 0 Å². The second kappa shape index (κ2) is 7.38. The third-order valence-electron chi connectivity index (χ3n) is 5.64. The molecule has 8 heteroatoms. The summed E-state index contributed by atoms with van der Waals surface area (Å²) in [5.41, 5.74) is 1.41. The lowest BCUT2D eigenvalue weighted by molar-refractivity contribution is -0.142. The quantitative estimate of drug-likeness (QED) is 0.831. The molecule has 2 atom stereocenters. The minimum absolute atomic E-state index is 0.0304. The molecule has 1 saturated carbocycles. The van der Waals surface area contributed by atoms with Crippen LogP contribution in [-0.2, 0) is 9.59 Å². The minimum atomic E-state index is -0.816. The number of hydrogen-bond donors (Lipinski definition) is 2. The summed E-state index contributed by atoms with van der Waals surface area (Å²) in [5, 5.41) is 12.8. The topological polar surface area (TPSA) is 95.7 Å². The lowest BCUT2D eigenvalue weighted by Gasteiger charge is -2.31. The first-order valence-electron chi connectivity index (χ1n) is 9.35. The van der Waals surface area contributed by atoms with E-state index in [2.05, 4.69) is 10.3 Å². The second-order valence-electron chi connectivity index (χ2n) is 7.36. The van der Waals surface area contributed by atoms with Gasteiger partial charge in [0.15, 0.2) is 5.58 Å². The zero-order valence-electron chi connectivity index (χ0n) is 14.9. The molecular formula is C19H22ClN3O4. The normalized spacial score (nSPS) is 23.7. The number of halogens is 1. The van der Waals surface area contributed by atoms with Crippen LogP contribution in [0.5, 0.6) is 0 Å². The molecule has 27 heavy (non-hydrogen) atoms. The number of piperidine rings is 1. The number of benzene rings is 1. The van der Waals surface area contributed by atoms with Crippen molar-refractivity contribution in [1.29, 1.82) is 0 Å². The van der Waals surface area contributed by atoms with E-state index in [1.807, 2.05) is 4.90 Å². The molecule has 1 aromatic heterocycles. The largest absolute Gasteiger partial charge is 0.481 e. The number of aliphatic carboxylic acids is 1. The highest BCUT2D eigenvalue weighted by atomic mass is 35.5. The lowest BCUT2D eigenvalue weighted by Crippen LogP contribution is -2.46. The van der Waals surface area contributed by atoms with Gasteiger partial charge in [0.05, 0.1) is 5.92 Å². The molecule has 2 heterocycles. The van der Waals surface area contributed by atoms with Gasteiger partial charge in [0.25, 0.3) is 6.01 Å². The molecule has 0 bridgehead atoms. The molecule has 2 N–H and O–H groups in total. The van der Waals surface area contributed by atoms with Crippen LogP contribution in [0.2, 0.25) is 5.02 Å². The number of carboxylic acids is 1. The van der Waals surface area contributed by atoms with Crippen molar-refractivity contribution in [2.75, 3.05) is 18.0 Å². The Morgan fingerprint density at radius 2 is 2.00 bits per heavy atom. The van der Waals surface area contributed by atoms with Crippen molar-refractivity contribution in [2.24, 2.45) is 11.8 Å². The van der Waals surface area contributed by atoms with E-state index in [1.54, 1.807) is 18.2 Å². The maximum Gasteiger partial charge on any atom is 0.308 e. The first-order chi connectivity index (χ1) is 13.0. The van der Waals surface area contributed by atoms with Gasteiger partial charge in [-0.05, 0) is 43.9 Å². The molecule has 2 aliphatic rings. The standard InChI is InChI=1S/C19H22ClN3O4/c20-12-4-5-16-15(10-12)22-19(27-16)23-8-6-11(7-9-23)17(24)21-14-3-1-2-13(14)18(25)26/h4-5,10-11,13-14H,1-3,6-9H2,(H,21,24)(H,25,26)/t13-,14-/m0/s1. The summed E-state index contributed by atoms with van der Waals surface area (Å²) in [4.78, 5) is 30.4. The van der Waals surface area contributed by atoms with Gasteiger partial charge >= 0.3 is 5.97 Å². The molecule has 0 spiro atoms. The lowest BCUT2D eigenvalue weighted by atomic mass is 9.95. The number of nitrogens with one attached hydrogen (secondary N) is 1. The first kappa shape index (κ1) is 18.1. The zero-order valence-corrected chi connectivity index (χ0v) is 15.6. The summed E-state index contributed by atoms with van der Waals surface area (Å²) in [5.74, 6) is -1.41. The second-order valence-corrected chi connectivity index (χ2v) is 7.80. The van der Waals surface area contributed by atoms with Crippen LogP contribution in [0.1, 0.15) is 32.1 Å². The van der Waals surface area contributed by atoms with Gasteiger partial charge < -0.3 is 19.7 Å². The van der Waals surface area contributed by atoms with E-state index >= 15 is 0 Å². The Bertz CT molecular complexity index is 860. The Balaban J connectivity index is 1.35. The van der Waals surface area contributed by atoms with Gasteiger partial charge in [-0.2, -0.15) is 4.98 Å². The summed E-state index contributed by atoms with van der Waals surface area (Å²) in [6.07, 6.45) is 3.61. The molecule has 1 aromatic carbocycles. The van der Waals surface area contributed by atoms with Crippen molar-refractivity contribution >= 4 is 40.6 Å². The highest BCUT2D eigenvalue weighted by Gasteiger charge is 2.36. The van der Waals surface area contributed by atoms with Crippen molar-refractivity contribution < 1.29 is 19.1 Å². The molecule has 144 valence electrons. The van der Waals surface area contributed by atoms with Crippen LogP contribution in [0.15, 0.2) is 22.6 Å². The van der Waals surface area contributed by atoms with Gasteiger partial charge in [0.1, 0.15) is 5.52 Å². The van der Waals surface area contributed by atoms with E-state index in [0.29, 0.717) is 49.0 Å². The van der Waals surface area contributed by atoms with Gasteiger partial charge in [0.2, 0.25) is 5.91 Å². The Labute approximate surface area is 161 Å². The van der Waals surface area contributed by atoms with E-state index in [-0.39, 0.29) is 17.9 Å². The van der Waals surface area contributed by atoms with E-state index in [1.165, 1.54) is 0 Å². The van der Waals surface area contributed by atoms with Crippen LogP contribution in [0.25, 0.3) is 11.1 Å². The van der Waals surface area contributed by atoms with Crippen LogP contribution in [0, 0.1) is 11.8 Å². The molecule has 1 aliphatic carbocycles. The average molecular weight is 392 g/mol. The third-order valence-corrected chi connectivity index (χ3v) is 5.87. The molecule has 1 saturated heterocycles. The van der Waals surface area contributed by atoms with Gasteiger partial charge in [-0.15, -0.1) is 0 Å². The number of nitrogens with zero attached hydrogens (tertiary/aromatic N) is 2. The Morgan fingerprint density at radius 3 is 2.74 bits per heavy atom. The highest BCUT2D eigenvalue weighted by molar-refractivity contribution is 6.31. The van der Waals surface area contributed by atoms with Gasteiger partial charge in [0, 0.05) is 30.1 Å². The maximum absolute atomic E-state index is 12.6. The number of aromatic nitrogens is 1. The number of hydrogen-bond acceptors (Lipinski definition) is 5. The Kier molecular flexibility index (Phi) is 4.95. The fourth-order valence-corrected chi connectivity index (χ4v) is 4.25. The number of anilines is 1. The minimum Gasteiger partial charge on any atom is -0.481 e. The monoisotopic (exact) mass is 391 g/mol. The molecule has 2 aromatic rings. The van der Waals surface area contributed by atoms with Crippen LogP contribution in [-0.4, -0.2) is 41.1 Å². The zero-order chi connectivity index (χ0) is 19.0. The van der Waals surface area contributed by atoms with Crippen LogP contribution < -0.4 is 10.2 Å². The van der Waals surface area contributed by atoms with Crippen LogP contribution in [0.4, 0.5) is 6.01 Å². The smallest absolute Gasteiger partial charge is 0.308 e. The maximum atomic E-state index is 12.6. The number of oxazole rings is 1. The van der Waals surface area contributed by atoms with E-state index < -0.39 is 11.9 Å². The Morgan fingerprint density at radius 1 is 1.22 bits per heavy atom. The molecule has 7 nitrogen and oxygen atoms in total. The molecule has 1 amide bonds. The first-order valence-corrected chi connectivity index (χ1v) is 9.73. The number of rotatable bonds is 4. The molecule has 1 aliphatic heterocycles. The van der Waals surface area contributed by atoms with Crippen molar-refractivity contribution in [3.63, 3.8) is 0 Å². The fraction of sp³-hybridized carbons (Fsp3) is 0.526. The number of carboxylic acid groups (broad SMARTS) is 1. The molecular weight excluding hydrogens is 370 g/mol. The van der Waals surface area contributed by atoms with E-state index in [0.717, 1.165) is 18.4 Å². The number of carbonyl (C=O) groups excluding carboxylic acids is 1. The average Bonchev–Trinajstić information content (AvgIpc) is 3.28. The SMILES string of the molecule is O=C(N[C@H]1CCC[C@@H]1C(=O)O)C1CCN(c2nc3cc(Cl)ccc3o2)CC1. The van der Waals surface area contributed by atoms with Crippen molar-refractivity contribution in [3.8, 4) is 0 Å². The summed E-state index contributed by atoms with van der Waals surface area (Å²) in [6.45, 7) is 1.34. The molecule has 2 fully saturated rings. The number of fused-ring (bicyclic) bond motifs is 1. The number of carbonyl (C=O) groups is 2. The van der Waals surface area contributed by atoms with Gasteiger partial charge in [-0.1, -0.05) is 18.0 Å². The van der Waals surface area contributed by atoms with Crippen molar-refractivity contribution in [2.45, 2.75) is 38.1 Å². The van der Waals surface area contributed by atoms with E-state index in [9.17, 15) is 14.7 Å². The predicted octanol–water partition coefficient (Wildman–Crippen LogP) is 3.07. The summed E-state index contributed by atoms with van der Waals surface area (Å²) < 4.78 is 5.80. The fourth-order valence-electron chi connectivity index (χ4n) is 4.09. The van der Waals surface area contributed by atoms with Crippen LogP contribution >= 0.6 is 11.6 Å². The van der Waals surface area contributed by atoms with Crippen molar-refractivity contribution in [3.05, 3.63) is 23.2 Å².